The molecule has 8 aromatic carbocycles. The average Bonchev–Trinajstić information content (AvgIpc) is 3.61. The molecule has 0 bridgehead atoms. The van der Waals surface area contributed by atoms with Crippen molar-refractivity contribution in [2.24, 2.45) is 0 Å². The van der Waals surface area contributed by atoms with E-state index in [0.29, 0.717) is 0 Å². The van der Waals surface area contributed by atoms with E-state index in [0.717, 1.165) is 5.69 Å². The highest BCUT2D eigenvalue weighted by atomic mass is 15.1. The molecule has 0 unspecified atom stereocenters. The van der Waals surface area contributed by atoms with E-state index in [2.05, 4.69) is 209 Å². The normalized spacial score (nSPS) is 14.3. The number of hydrogen-bond donors (Lipinski definition) is 0. The van der Waals surface area contributed by atoms with Crippen molar-refractivity contribution in [3.63, 3.8) is 0 Å². The number of rotatable bonds is 5. The smallest absolute Gasteiger partial charge is 0.0734 e. The lowest BCUT2D eigenvalue weighted by Gasteiger charge is -2.38. The van der Waals surface area contributed by atoms with Crippen LogP contribution in [0.25, 0.3) is 33.0 Å². The van der Waals surface area contributed by atoms with Gasteiger partial charge in [0.05, 0.1) is 16.8 Å². The van der Waals surface area contributed by atoms with Gasteiger partial charge in [-0.25, -0.2) is 0 Å². The molecule has 0 radical (unpaired) electrons. The van der Waals surface area contributed by atoms with Crippen molar-refractivity contribution in [1.82, 2.24) is 0 Å². The minimum atomic E-state index is -0.558. The van der Waals surface area contributed by atoms with E-state index in [9.17, 15) is 0 Å². The van der Waals surface area contributed by atoms with E-state index in [1.54, 1.807) is 0 Å². The maximum absolute atomic E-state index is 2.56. The molecular weight excluding hydrogens is 639 g/mol. The Balaban J connectivity index is 1.35. The molecule has 0 heterocycles. The lowest BCUT2D eigenvalue weighted by atomic mass is 9.67. The number of aryl methyl sites for hydroxylation is 2. The van der Waals surface area contributed by atoms with Crippen LogP contribution in [0, 0.1) is 13.8 Å². The fourth-order valence-corrected chi connectivity index (χ4v) is 9.61. The van der Waals surface area contributed by atoms with E-state index in [4.69, 9.17) is 0 Å². The highest BCUT2D eigenvalue weighted by Crippen LogP contribution is 2.61. The monoisotopic (exact) mass is 679 g/mol. The first-order chi connectivity index (χ1) is 25.9. The molecule has 0 fully saturated rings. The van der Waals surface area contributed by atoms with E-state index in [-0.39, 0.29) is 5.41 Å². The predicted octanol–water partition coefficient (Wildman–Crippen LogP) is 13.6. The fraction of sp³-hybridized carbons (Fsp3) is 0.115. The number of benzene rings is 8. The fourth-order valence-electron chi connectivity index (χ4n) is 9.61. The Bertz CT molecular complexity index is 2670. The van der Waals surface area contributed by atoms with Gasteiger partial charge in [-0.2, -0.15) is 0 Å². The van der Waals surface area contributed by atoms with E-state index >= 15 is 0 Å². The zero-order chi connectivity index (χ0) is 35.9. The van der Waals surface area contributed by atoms with Gasteiger partial charge in [0, 0.05) is 22.1 Å². The van der Waals surface area contributed by atoms with Crippen LogP contribution < -0.4 is 4.90 Å². The number of nitrogens with zero attached hydrogens (tertiary/aromatic N) is 1. The lowest BCUT2D eigenvalue weighted by molar-refractivity contribution is 0.660. The van der Waals surface area contributed by atoms with Crippen LogP contribution in [0.1, 0.15) is 58.4 Å². The van der Waals surface area contributed by atoms with Crippen LogP contribution in [0.5, 0.6) is 0 Å². The van der Waals surface area contributed by atoms with Gasteiger partial charge in [0.15, 0.2) is 0 Å². The highest BCUT2D eigenvalue weighted by Gasteiger charge is 2.49. The minimum Gasteiger partial charge on any atom is -0.310 e. The third kappa shape index (κ3) is 4.44. The SMILES string of the molecule is Cc1cc2c(cc1C)C(c1ccccc1)(c1ccccc1)c1c-2cccc1N(c1ccc2c(c1)C(C)(C)c1ccccc1-2)c1cccc2ccccc12. The van der Waals surface area contributed by atoms with E-state index in [1.807, 2.05) is 0 Å². The molecule has 2 aliphatic rings. The summed E-state index contributed by atoms with van der Waals surface area (Å²) in [5.74, 6) is 0. The quantitative estimate of drug-likeness (QED) is 0.175. The number of anilines is 3. The zero-order valence-corrected chi connectivity index (χ0v) is 30.7. The van der Waals surface area contributed by atoms with Gasteiger partial charge in [-0.1, -0.05) is 166 Å². The molecule has 1 heteroatoms. The first kappa shape index (κ1) is 31.5. The van der Waals surface area contributed by atoms with Gasteiger partial charge in [-0.05, 0) is 105 Å². The molecule has 8 aromatic rings. The van der Waals surface area contributed by atoms with Gasteiger partial charge in [0.1, 0.15) is 0 Å². The van der Waals surface area contributed by atoms with Crippen molar-refractivity contribution in [2.75, 3.05) is 4.90 Å². The summed E-state index contributed by atoms with van der Waals surface area (Å²) in [6.07, 6.45) is 0. The van der Waals surface area contributed by atoms with Crippen LogP contribution in [-0.4, -0.2) is 0 Å². The summed E-state index contributed by atoms with van der Waals surface area (Å²) in [6, 6.07) is 65.9. The summed E-state index contributed by atoms with van der Waals surface area (Å²) >= 11 is 0. The average molecular weight is 680 g/mol. The maximum atomic E-state index is 2.56. The second-order valence-corrected chi connectivity index (χ2v) is 15.4. The van der Waals surface area contributed by atoms with Crippen LogP contribution in [0.15, 0.2) is 176 Å². The van der Waals surface area contributed by atoms with Crippen molar-refractivity contribution in [3.05, 3.63) is 220 Å². The third-order valence-corrected chi connectivity index (χ3v) is 12.2. The molecule has 254 valence electrons. The Morgan fingerprint density at radius 2 is 1.00 bits per heavy atom. The van der Waals surface area contributed by atoms with Crippen LogP contribution >= 0.6 is 0 Å². The molecule has 0 spiro atoms. The van der Waals surface area contributed by atoms with Crippen molar-refractivity contribution in [1.29, 1.82) is 0 Å². The molecule has 1 nitrogen and oxygen atoms in total. The van der Waals surface area contributed by atoms with Crippen molar-refractivity contribution in [2.45, 2.75) is 38.5 Å². The number of hydrogen-bond acceptors (Lipinski definition) is 1. The van der Waals surface area contributed by atoms with Gasteiger partial charge in [-0.15, -0.1) is 0 Å². The van der Waals surface area contributed by atoms with E-state index in [1.165, 1.54) is 88.9 Å². The highest BCUT2D eigenvalue weighted by molar-refractivity contribution is 6.02. The zero-order valence-electron chi connectivity index (χ0n) is 30.7. The van der Waals surface area contributed by atoms with Crippen molar-refractivity contribution < 1.29 is 0 Å². The second-order valence-electron chi connectivity index (χ2n) is 15.4. The molecule has 2 aliphatic carbocycles. The first-order valence-corrected chi connectivity index (χ1v) is 18.8. The third-order valence-electron chi connectivity index (χ3n) is 12.2. The summed E-state index contributed by atoms with van der Waals surface area (Å²) < 4.78 is 0. The van der Waals surface area contributed by atoms with Crippen LogP contribution in [-0.2, 0) is 10.8 Å². The second kappa shape index (κ2) is 11.7. The molecule has 0 aromatic heterocycles. The summed E-state index contributed by atoms with van der Waals surface area (Å²) in [5.41, 5.74) is 18.6. The lowest BCUT2D eigenvalue weighted by Crippen LogP contribution is -2.30. The molecule has 0 atom stereocenters. The Morgan fingerprint density at radius 3 is 1.77 bits per heavy atom. The topological polar surface area (TPSA) is 3.24 Å². The minimum absolute atomic E-state index is 0.131. The molecule has 0 N–H and O–H groups in total. The first-order valence-electron chi connectivity index (χ1n) is 18.8. The molecule has 0 amide bonds. The van der Waals surface area contributed by atoms with Crippen LogP contribution in [0.4, 0.5) is 17.1 Å². The summed E-state index contributed by atoms with van der Waals surface area (Å²) in [5, 5.41) is 2.45. The molecule has 0 aliphatic heterocycles. The summed E-state index contributed by atoms with van der Waals surface area (Å²) in [7, 11) is 0. The van der Waals surface area contributed by atoms with Crippen LogP contribution in [0.3, 0.4) is 0 Å². The van der Waals surface area contributed by atoms with Crippen LogP contribution in [0.2, 0.25) is 0 Å². The largest absolute Gasteiger partial charge is 0.310 e. The maximum Gasteiger partial charge on any atom is 0.0734 e. The van der Waals surface area contributed by atoms with Gasteiger partial charge >= 0.3 is 0 Å². The number of fused-ring (bicyclic) bond motifs is 7. The van der Waals surface area contributed by atoms with E-state index < -0.39 is 5.41 Å². The molecular formula is C52H41N. The van der Waals surface area contributed by atoms with Crippen molar-refractivity contribution in [3.8, 4) is 22.3 Å². The van der Waals surface area contributed by atoms with Gasteiger partial charge in [0.2, 0.25) is 0 Å². The molecule has 53 heavy (non-hydrogen) atoms. The summed E-state index contributed by atoms with van der Waals surface area (Å²) in [6.45, 7) is 9.26. The predicted molar refractivity (Wildman–Crippen MR) is 223 cm³/mol. The van der Waals surface area contributed by atoms with Gasteiger partial charge < -0.3 is 4.90 Å². The van der Waals surface area contributed by atoms with Gasteiger partial charge in [0.25, 0.3) is 0 Å². The Kier molecular flexibility index (Phi) is 6.94. The standard InChI is InChI=1S/C52H41N/c1-34-31-44-43-25-16-28-49(50(43)52(47(44)32-35(34)2,37-19-7-5-8-20-37)38-21-9-6-10-22-38)53(48-27-15-18-36-17-11-12-23-40(36)48)39-29-30-42-41-24-13-14-26-45(41)51(3,4)46(42)33-39/h5-33H,1-4H3. The Hall–Kier alpha value is -6.18. The molecule has 0 saturated heterocycles. The van der Waals surface area contributed by atoms with Crippen molar-refractivity contribution >= 4 is 27.8 Å². The molecule has 10 rings (SSSR count). The molecule has 0 saturated carbocycles. The van der Waals surface area contributed by atoms with Gasteiger partial charge in [-0.3, -0.25) is 0 Å². The Morgan fingerprint density at radius 1 is 0.415 bits per heavy atom. The summed E-state index contributed by atoms with van der Waals surface area (Å²) in [4.78, 5) is 2.56. The Labute approximate surface area is 312 Å².